The van der Waals surface area contributed by atoms with Crippen LogP contribution in [0.25, 0.3) is 0 Å². The topological polar surface area (TPSA) is 95.5 Å². The second-order valence-electron chi connectivity index (χ2n) is 6.88. The van der Waals surface area contributed by atoms with Gasteiger partial charge in [-0.15, -0.1) is 0 Å². The van der Waals surface area contributed by atoms with Crippen LogP contribution in [-0.2, 0) is 20.8 Å². The van der Waals surface area contributed by atoms with E-state index in [-0.39, 0.29) is 12.3 Å². The Balaban J connectivity index is 2.88. The first kappa shape index (κ1) is 25.1. The Kier molecular flexibility index (Phi) is 11.5. The molecular formula is C21H30N2O4S2. The van der Waals surface area contributed by atoms with Gasteiger partial charge in [0.25, 0.3) is 0 Å². The standard InChI is InChI=1S/C21H30N2O4S2/c1-4-8-16(14(2)28)19(24)22-17(11-12-29-3)20(25)23-18(21(26)27)13-15-9-6-5-7-10-15/h5-7,9-10,16-18H,4,8,11-13H2,1-3H3,(H,22,24)(H,23,25)(H,26,27). The van der Waals surface area contributed by atoms with Gasteiger partial charge in [-0.25, -0.2) is 4.79 Å². The van der Waals surface area contributed by atoms with Crippen molar-refractivity contribution < 1.29 is 19.5 Å². The predicted octanol–water partition coefficient (Wildman–Crippen LogP) is 2.84. The second kappa shape index (κ2) is 13.3. The summed E-state index contributed by atoms with van der Waals surface area (Å²) in [4.78, 5) is 37.7. The fourth-order valence-corrected chi connectivity index (χ4v) is 3.60. The molecule has 0 saturated heterocycles. The van der Waals surface area contributed by atoms with E-state index in [1.54, 1.807) is 18.7 Å². The van der Waals surface area contributed by atoms with E-state index in [2.05, 4.69) is 10.6 Å². The first-order valence-electron chi connectivity index (χ1n) is 9.67. The molecule has 0 aliphatic carbocycles. The number of carboxylic acids is 1. The highest BCUT2D eigenvalue weighted by atomic mass is 32.2. The molecule has 2 amide bonds. The van der Waals surface area contributed by atoms with Crippen molar-refractivity contribution in [1.82, 2.24) is 10.6 Å². The lowest BCUT2D eigenvalue weighted by atomic mass is 9.98. The van der Waals surface area contributed by atoms with Crippen molar-refractivity contribution in [2.75, 3.05) is 12.0 Å². The lowest BCUT2D eigenvalue weighted by Gasteiger charge is -2.23. The molecule has 29 heavy (non-hydrogen) atoms. The number of thiocarbonyl (C=S) groups is 1. The van der Waals surface area contributed by atoms with Gasteiger partial charge in [0.2, 0.25) is 11.8 Å². The summed E-state index contributed by atoms with van der Waals surface area (Å²) in [6.07, 6.45) is 3.90. The summed E-state index contributed by atoms with van der Waals surface area (Å²) in [5.74, 6) is -1.66. The Morgan fingerprint density at radius 3 is 2.21 bits per heavy atom. The smallest absolute Gasteiger partial charge is 0.326 e. The highest BCUT2D eigenvalue weighted by molar-refractivity contribution is 7.98. The van der Waals surface area contributed by atoms with E-state index < -0.39 is 29.9 Å². The largest absolute Gasteiger partial charge is 0.480 e. The maximum Gasteiger partial charge on any atom is 0.326 e. The number of benzene rings is 1. The number of hydrogen-bond donors (Lipinski definition) is 3. The van der Waals surface area contributed by atoms with Crippen molar-refractivity contribution in [3.8, 4) is 0 Å². The molecule has 0 spiro atoms. The van der Waals surface area contributed by atoms with Crippen molar-refractivity contribution in [1.29, 1.82) is 0 Å². The highest BCUT2D eigenvalue weighted by Gasteiger charge is 2.29. The fourth-order valence-electron chi connectivity index (χ4n) is 2.91. The third-order valence-corrected chi connectivity index (χ3v) is 5.45. The molecule has 0 saturated carbocycles. The molecule has 0 bridgehead atoms. The minimum absolute atomic E-state index is 0.169. The molecule has 1 rings (SSSR count). The maximum absolute atomic E-state index is 12.8. The van der Waals surface area contributed by atoms with Gasteiger partial charge >= 0.3 is 5.97 Å². The normalized spacial score (nSPS) is 13.8. The molecule has 3 N–H and O–H groups in total. The molecule has 6 nitrogen and oxygen atoms in total. The molecule has 1 aromatic rings. The molecule has 8 heteroatoms. The molecule has 0 radical (unpaired) electrons. The summed E-state index contributed by atoms with van der Waals surface area (Å²) >= 11 is 6.75. The average molecular weight is 439 g/mol. The van der Waals surface area contributed by atoms with Crippen LogP contribution in [0.15, 0.2) is 30.3 Å². The van der Waals surface area contributed by atoms with Crippen LogP contribution in [0.2, 0.25) is 0 Å². The lowest BCUT2D eigenvalue weighted by molar-refractivity contribution is -0.142. The number of carbonyl (C=O) groups excluding carboxylic acids is 2. The van der Waals surface area contributed by atoms with E-state index in [0.717, 1.165) is 12.0 Å². The number of amides is 2. The van der Waals surface area contributed by atoms with E-state index in [9.17, 15) is 19.5 Å². The molecule has 3 unspecified atom stereocenters. The maximum atomic E-state index is 12.8. The van der Waals surface area contributed by atoms with Crippen LogP contribution in [0.3, 0.4) is 0 Å². The molecule has 0 aromatic heterocycles. The summed E-state index contributed by atoms with van der Waals surface area (Å²) in [6.45, 7) is 3.70. The van der Waals surface area contributed by atoms with E-state index in [0.29, 0.717) is 23.5 Å². The number of nitrogens with one attached hydrogen (secondary N) is 2. The van der Waals surface area contributed by atoms with Crippen molar-refractivity contribution in [3.63, 3.8) is 0 Å². The summed E-state index contributed by atoms with van der Waals surface area (Å²) in [5.41, 5.74) is 0.809. The Hall–Kier alpha value is -1.93. The Labute approximate surface area is 182 Å². The van der Waals surface area contributed by atoms with Gasteiger partial charge in [0.1, 0.15) is 12.1 Å². The number of hydrogen-bond acceptors (Lipinski definition) is 5. The summed E-state index contributed by atoms with van der Waals surface area (Å²) in [6, 6.07) is 7.23. The molecule has 3 atom stereocenters. The number of carbonyl (C=O) groups is 3. The first-order valence-corrected chi connectivity index (χ1v) is 11.5. The third kappa shape index (κ3) is 8.95. The molecule has 160 valence electrons. The Bertz CT molecular complexity index is 697. The number of carboxylic acid groups (broad SMARTS) is 1. The van der Waals surface area contributed by atoms with E-state index in [1.165, 1.54) is 0 Å². The SMILES string of the molecule is CCCC(C(=O)NC(CCSC)C(=O)NC(Cc1ccccc1)C(=O)O)C(C)=S. The van der Waals surface area contributed by atoms with E-state index in [4.69, 9.17) is 12.2 Å². The van der Waals surface area contributed by atoms with Gasteiger partial charge in [0, 0.05) is 11.3 Å². The van der Waals surface area contributed by atoms with Crippen molar-refractivity contribution in [2.24, 2.45) is 5.92 Å². The van der Waals surface area contributed by atoms with Gasteiger partial charge in [-0.2, -0.15) is 11.8 Å². The van der Waals surface area contributed by atoms with Crippen LogP contribution in [-0.4, -0.2) is 51.8 Å². The molecule has 1 aromatic carbocycles. The van der Waals surface area contributed by atoms with Gasteiger partial charge in [-0.1, -0.05) is 55.9 Å². The van der Waals surface area contributed by atoms with Gasteiger partial charge in [0.05, 0.1) is 5.92 Å². The van der Waals surface area contributed by atoms with Gasteiger partial charge in [0.15, 0.2) is 0 Å². The van der Waals surface area contributed by atoms with Crippen molar-refractivity contribution in [3.05, 3.63) is 35.9 Å². The molecular weight excluding hydrogens is 408 g/mol. The van der Waals surface area contributed by atoms with Crippen LogP contribution >= 0.6 is 24.0 Å². The zero-order chi connectivity index (χ0) is 21.8. The molecule has 0 fully saturated rings. The molecule has 0 heterocycles. The minimum Gasteiger partial charge on any atom is -0.480 e. The quantitative estimate of drug-likeness (QED) is 0.410. The van der Waals surface area contributed by atoms with Crippen LogP contribution in [0.1, 0.15) is 38.7 Å². The van der Waals surface area contributed by atoms with Crippen molar-refractivity contribution in [2.45, 2.75) is 51.6 Å². The Morgan fingerprint density at radius 2 is 1.69 bits per heavy atom. The zero-order valence-electron chi connectivity index (χ0n) is 17.1. The third-order valence-electron chi connectivity index (χ3n) is 4.53. The average Bonchev–Trinajstić information content (AvgIpc) is 2.68. The van der Waals surface area contributed by atoms with Crippen LogP contribution in [0, 0.1) is 5.92 Å². The number of rotatable bonds is 13. The van der Waals surface area contributed by atoms with Crippen LogP contribution < -0.4 is 10.6 Å². The second-order valence-corrected chi connectivity index (χ2v) is 8.51. The molecule has 0 aliphatic rings. The summed E-state index contributed by atoms with van der Waals surface area (Å²) in [7, 11) is 0. The fraction of sp³-hybridized carbons (Fsp3) is 0.524. The predicted molar refractivity (Wildman–Crippen MR) is 121 cm³/mol. The number of aliphatic carboxylic acids is 1. The monoisotopic (exact) mass is 438 g/mol. The molecule has 0 aliphatic heterocycles. The van der Waals surface area contributed by atoms with Gasteiger partial charge in [-0.3, -0.25) is 9.59 Å². The lowest BCUT2D eigenvalue weighted by Crippen LogP contribution is -2.53. The highest BCUT2D eigenvalue weighted by Crippen LogP contribution is 2.12. The van der Waals surface area contributed by atoms with E-state index >= 15 is 0 Å². The van der Waals surface area contributed by atoms with Crippen LogP contribution in [0.5, 0.6) is 0 Å². The Morgan fingerprint density at radius 1 is 1.07 bits per heavy atom. The first-order chi connectivity index (χ1) is 13.8. The minimum atomic E-state index is -1.12. The number of thioether (sulfide) groups is 1. The van der Waals surface area contributed by atoms with E-state index in [1.807, 2.05) is 43.5 Å². The van der Waals surface area contributed by atoms with Crippen LogP contribution in [0.4, 0.5) is 0 Å². The van der Waals surface area contributed by atoms with Gasteiger partial charge in [-0.05, 0) is 37.3 Å². The van der Waals surface area contributed by atoms with Gasteiger partial charge < -0.3 is 15.7 Å². The zero-order valence-corrected chi connectivity index (χ0v) is 18.8. The summed E-state index contributed by atoms with van der Waals surface area (Å²) < 4.78 is 0. The summed E-state index contributed by atoms with van der Waals surface area (Å²) in [5, 5.41) is 14.9. The van der Waals surface area contributed by atoms with Crippen molar-refractivity contribution >= 4 is 46.6 Å².